The third-order valence-corrected chi connectivity index (χ3v) is 1.77. The average molecular weight is 228 g/mol. The van der Waals surface area contributed by atoms with E-state index in [1.165, 1.54) is 12.4 Å². The number of rotatable bonds is 3. The van der Waals surface area contributed by atoms with Gasteiger partial charge in [0.15, 0.2) is 0 Å². The van der Waals surface area contributed by atoms with Crippen molar-refractivity contribution in [1.29, 1.82) is 5.26 Å². The number of aromatic nitrogens is 1. The van der Waals surface area contributed by atoms with Crippen LogP contribution in [0.4, 0.5) is 0 Å². The molecule has 0 saturated heterocycles. The van der Waals surface area contributed by atoms with Crippen molar-refractivity contribution in [3.05, 3.63) is 35.7 Å². The number of amides is 1. The van der Waals surface area contributed by atoms with Gasteiger partial charge < -0.3 is 4.90 Å². The SMILES string of the molecule is CN(C)C=NC(=O)C(C#N)=Cc1ccncc1. The van der Waals surface area contributed by atoms with Crippen molar-refractivity contribution < 1.29 is 4.79 Å². The molecule has 0 radical (unpaired) electrons. The molecular weight excluding hydrogens is 216 g/mol. The molecular formula is C12H12N4O. The molecule has 0 aliphatic carbocycles. The van der Waals surface area contributed by atoms with E-state index in [2.05, 4.69) is 9.98 Å². The largest absolute Gasteiger partial charge is 0.369 e. The van der Waals surface area contributed by atoms with Crippen LogP contribution in [0, 0.1) is 11.3 Å². The summed E-state index contributed by atoms with van der Waals surface area (Å²) in [6.45, 7) is 0. The second-order valence-electron chi connectivity index (χ2n) is 3.46. The molecule has 0 spiro atoms. The highest BCUT2D eigenvalue weighted by Gasteiger charge is 2.06. The van der Waals surface area contributed by atoms with Crippen LogP contribution in [0.15, 0.2) is 35.1 Å². The van der Waals surface area contributed by atoms with E-state index in [0.29, 0.717) is 0 Å². The minimum Gasteiger partial charge on any atom is -0.369 e. The Balaban J connectivity index is 2.90. The number of hydrogen-bond acceptors (Lipinski definition) is 3. The van der Waals surface area contributed by atoms with E-state index in [-0.39, 0.29) is 5.57 Å². The summed E-state index contributed by atoms with van der Waals surface area (Å²) in [4.78, 5) is 20.7. The Morgan fingerprint density at radius 1 is 1.47 bits per heavy atom. The lowest BCUT2D eigenvalue weighted by molar-refractivity contribution is -0.113. The fourth-order valence-corrected chi connectivity index (χ4v) is 1.01. The molecule has 0 aliphatic heterocycles. The van der Waals surface area contributed by atoms with Crippen LogP contribution in [-0.4, -0.2) is 36.2 Å². The molecule has 1 amide bonds. The van der Waals surface area contributed by atoms with E-state index in [9.17, 15) is 4.79 Å². The van der Waals surface area contributed by atoms with Gasteiger partial charge in [0.2, 0.25) is 0 Å². The number of nitriles is 1. The van der Waals surface area contributed by atoms with Crippen LogP contribution in [-0.2, 0) is 4.79 Å². The Labute approximate surface area is 99.7 Å². The van der Waals surface area contributed by atoms with Crippen LogP contribution in [0.25, 0.3) is 6.08 Å². The lowest BCUT2D eigenvalue weighted by atomic mass is 10.1. The summed E-state index contributed by atoms with van der Waals surface area (Å²) in [5, 5.41) is 8.88. The third kappa shape index (κ3) is 4.26. The molecule has 1 aromatic heterocycles. The maximum absolute atomic E-state index is 11.6. The number of hydrogen-bond donors (Lipinski definition) is 0. The summed E-state index contributed by atoms with van der Waals surface area (Å²) in [6, 6.07) is 5.25. The first-order valence-electron chi connectivity index (χ1n) is 4.90. The third-order valence-electron chi connectivity index (χ3n) is 1.77. The number of pyridine rings is 1. The van der Waals surface area contributed by atoms with Crippen LogP contribution in [0.1, 0.15) is 5.56 Å². The molecule has 1 rings (SSSR count). The molecule has 1 heterocycles. The van der Waals surface area contributed by atoms with Crippen LogP contribution in [0.2, 0.25) is 0 Å². The zero-order valence-corrected chi connectivity index (χ0v) is 9.66. The van der Waals surface area contributed by atoms with Gasteiger partial charge in [-0.2, -0.15) is 10.3 Å². The Morgan fingerprint density at radius 3 is 2.65 bits per heavy atom. The highest BCUT2D eigenvalue weighted by Crippen LogP contribution is 2.06. The Morgan fingerprint density at radius 2 is 2.12 bits per heavy atom. The molecule has 0 unspecified atom stereocenters. The van der Waals surface area contributed by atoms with Crippen LogP contribution < -0.4 is 0 Å². The van der Waals surface area contributed by atoms with Crippen molar-refractivity contribution in [3.63, 3.8) is 0 Å². The first-order valence-corrected chi connectivity index (χ1v) is 4.90. The molecule has 0 fully saturated rings. The Bertz CT molecular complexity index is 483. The summed E-state index contributed by atoms with van der Waals surface area (Å²) in [7, 11) is 3.49. The number of aliphatic imine (C=N–C) groups is 1. The maximum Gasteiger partial charge on any atom is 0.289 e. The molecule has 0 aromatic carbocycles. The first-order chi connectivity index (χ1) is 8.13. The molecule has 0 N–H and O–H groups in total. The Kier molecular flexibility index (Phi) is 4.58. The molecule has 5 nitrogen and oxygen atoms in total. The zero-order valence-electron chi connectivity index (χ0n) is 9.66. The highest BCUT2D eigenvalue weighted by molar-refractivity contribution is 6.04. The lowest BCUT2D eigenvalue weighted by Crippen LogP contribution is -2.10. The summed E-state index contributed by atoms with van der Waals surface area (Å²) < 4.78 is 0. The van der Waals surface area contributed by atoms with Crippen molar-refractivity contribution in [3.8, 4) is 6.07 Å². The molecule has 17 heavy (non-hydrogen) atoms. The van der Waals surface area contributed by atoms with Crippen LogP contribution >= 0.6 is 0 Å². The van der Waals surface area contributed by atoms with Crippen molar-refractivity contribution in [2.24, 2.45) is 4.99 Å². The number of carbonyl (C=O) groups is 1. The molecule has 1 aromatic rings. The molecule has 0 aliphatic rings. The van der Waals surface area contributed by atoms with Gasteiger partial charge in [-0.15, -0.1) is 0 Å². The minimum absolute atomic E-state index is 0.00528. The minimum atomic E-state index is -0.557. The van der Waals surface area contributed by atoms with Gasteiger partial charge in [0, 0.05) is 26.5 Å². The summed E-state index contributed by atoms with van der Waals surface area (Å²) in [5.74, 6) is -0.557. The first kappa shape index (κ1) is 12.6. The molecule has 5 heteroatoms. The van der Waals surface area contributed by atoms with Gasteiger partial charge in [-0.25, -0.2) is 0 Å². The summed E-state index contributed by atoms with van der Waals surface area (Å²) >= 11 is 0. The predicted octanol–water partition coefficient (Wildman–Crippen LogP) is 1.11. The summed E-state index contributed by atoms with van der Waals surface area (Å²) in [5.41, 5.74) is 0.735. The van der Waals surface area contributed by atoms with Crippen LogP contribution in [0.5, 0.6) is 0 Å². The maximum atomic E-state index is 11.6. The number of nitrogens with zero attached hydrogens (tertiary/aromatic N) is 4. The fraction of sp³-hybridized carbons (Fsp3) is 0.167. The van der Waals surface area contributed by atoms with E-state index in [0.717, 1.165) is 5.56 Å². The van der Waals surface area contributed by atoms with Gasteiger partial charge in [-0.1, -0.05) is 0 Å². The van der Waals surface area contributed by atoms with Crippen LogP contribution in [0.3, 0.4) is 0 Å². The smallest absolute Gasteiger partial charge is 0.289 e. The average Bonchev–Trinajstić information content (AvgIpc) is 2.34. The van der Waals surface area contributed by atoms with E-state index >= 15 is 0 Å². The van der Waals surface area contributed by atoms with Crippen molar-refractivity contribution in [2.75, 3.05) is 14.1 Å². The standard InChI is InChI=1S/C12H12N4O/c1-16(2)9-15-12(17)11(8-13)7-10-3-5-14-6-4-10/h3-7,9H,1-2H3. The van der Waals surface area contributed by atoms with Gasteiger partial charge in [0.25, 0.3) is 5.91 Å². The molecule has 0 bridgehead atoms. The zero-order chi connectivity index (χ0) is 12.7. The van der Waals surface area contributed by atoms with Crippen molar-refractivity contribution in [1.82, 2.24) is 9.88 Å². The monoisotopic (exact) mass is 228 g/mol. The summed E-state index contributed by atoms with van der Waals surface area (Å²) in [6.07, 6.45) is 6.03. The Hall–Kier alpha value is -2.48. The quantitative estimate of drug-likeness (QED) is 0.336. The van der Waals surface area contributed by atoms with E-state index in [1.807, 2.05) is 6.07 Å². The topological polar surface area (TPSA) is 69.3 Å². The van der Waals surface area contributed by atoms with Gasteiger partial charge in [0.1, 0.15) is 11.6 Å². The number of carbonyl (C=O) groups excluding carboxylic acids is 1. The highest BCUT2D eigenvalue weighted by atomic mass is 16.1. The lowest BCUT2D eigenvalue weighted by Gasteiger charge is -2.01. The predicted molar refractivity (Wildman–Crippen MR) is 65.0 cm³/mol. The molecule has 0 atom stereocenters. The van der Waals surface area contributed by atoms with Crippen molar-refractivity contribution in [2.45, 2.75) is 0 Å². The van der Waals surface area contributed by atoms with Gasteiger partial charge in [0.05, 0.1) is 6.34 Å². The van der Waals surface area contributed by atoms with Gasteiger partial charge in [-0.3, -0.25) is 9.78 Å². The van der Waals surface area contributed by atoms with E-state index < -0.39 is 5.91 Å². The normalized spacial score (nSPS) is 11.2. The van der Waals surface area contributed by atoms with Gasteiger partial charge in [-0.05, 0) is 23.8 Å². The second kappa shape index (κ2) is 6.18. The second-order valence-corrected chi connectivity index (χ2v) is 3.46. The molecule has 0 saturated carbocycles. The van der Waals surface area contributed by atoms with E-state index in [1.54, 1.807) is 43.5 Å². The van der Waals surface area contributed by atoms with Crippen molar-refractivity contribution >= 4 is 18.3 Å². The molecule has 86 valence electrons. The van der Waals surface area contributed by atoms with Gasteiger partial charge >= 0.3 is 0 Å². The van der Waals surface area contributed by atoms with E-state index in [4.69, 9.17) is 5.26 Å². The fourth-order valence-electron chi connectivity index (χ4n) is 1.01.